The third-order valence-electron chi connectivity index (χ3n) is 6.24. The second kappa shape index (κ2) is 8.03. The molecular formula is C24H23N3O4S. The van der Waals surface area contributed by atoms with Crippen LogP contribution in [-0.4, -0.2) is 55.2 Å². The third kappa shape index (κ3) is 3.45. The summed E-state index contributed by atoms with van der Waals surface area (Å²) in [5.74, 6) is -0.257. The van der Waals surface area contributed by atoms with Gasteiger partial charge < -0.3 is 4.90 Å². The van der Waals surface area contributed by atoms with E-state index in [1.54, 1.807) is 41.3 Å². The van der Waals surface area contributed by atoms with E-state index >= 15 is 0 Å². The van der Waals surface area contributed by atoms with E-state index in [0.717, 1.165) is 5.39 Å². The Labute approximate surface area is 186 Å². The topological polar surface area (TPSA) is 78.0 Å². The summed E-state index contributed by atoms with van der Waals surface area (Å²) in [6.45, 7) is 0.632. The number of rotatable bonds is 4. The summed E-state index contributed by atoms with van der Waals surface area (Å²) in [6, 6.07) is 21.1. The number of hydrogen-bond donors (Lipinski definition) is 0. The second-order valence-electron chi connectivity index (χ2n) is 8.09. The quantitative estimate of drug-likeness (QED) is 0.572. The SMILES string of the molecule is O=C1CN(C2CCN(S(=O)(=O)c3cccc4ccccc34)CC2)C(=O)N1c1ccccc1. The molecule has 2 saturated heterocycles. The fourth-order valence-electron chi connectivity index (χ4n) is 4.59. The molecule has 0 bridgehead atoms. The van der Waals surface area contributed by atoms with E-state index < -0.39 is 10.0 Å². The van der Waals surface area contributed by atoms with Crippen molar-refractivity contribution < 1.29 is 18.0 Å². The van der Waals surface area contributed by atoms with Gasteiger partial charge in [-0.3, -0.25) is 4.79 Å². The fourth-order valence-corrected chi connectivity index (χ4v) is 6.27. The van der Waals surface area contributed by atoms with Crippen LogP contribution in [-0.2, 0) is 14.8 Å². The van der Waals surface area contributed by atoms with Crippen LogP contribution in [0.4, 0.5) is 10.5 Å². The van der Waals surface area contributed by atoms with Crippen LogP contribution in [0.1, 0.15) is 12.8 Å². The lowest BCUT2D eigenvalue weighted by molar-refractivity contribution is -0.116. The number of carbonyl (C=O) groups excluding carboxylic acids is 2. The minimum atomic E-state index is -3.66. The maximum atomic E-state index is 13.4. The van der Waals surface area contributed by atoms with Crippen LogP contribution in [0.5, 0.6) is 0 Å². The molecule has 3 aromatic carbocycles. The van der Waals surface area contributed by atoms with Crippen molar-refractivity contribution >= 4 is 38.4 Å². The van der Waals surface area contributed by atoms with E-state index in [2.05, 4.69) is 0 Å². The van der Waals surface area contributed by atoms with E-state index in [4.69, 9.17) is 0 Å². The predicted octanol–water partition coefficient (Wildman–Crippen LogP) is 3.46. The van der Waals surface area contributed by atoms with Crippen molar-refractivity contribution in [3.05, 3.63) is 72.8 Å². The Kier molecular flexibility index (Phi) is 5.19. The standard InChI is InChI=1S/C24H23N3O4S/c28-23-17-26(24(29)27(23)20-9-2-1-3-10-20)19-13-15-25(16-14-19)32(30,31)22-12-6-8-18-7-4-5-11-21(18)22/h1-12,19H,13-17H2. The summed E-state index contributed by atoms with van der Waals surface area (Å²) < 4.78 is 28.2. The summed E-state index contributed by atoms with van der Waals surface area (Å²) in [7, 11) is -3.66. The van der Waals surface area contributed by atoms with E-state index in [-0.39, 0.29) is 24.5 Å². The number of nitrogens with zero attached hydrogens (tertiary/aromatic N) is 3. The number of piperidine rings is 1. The van der Waals surface area contributed by atoms with Crippen molar-refractivity contribution in [1.29, 1.82) is 0 Å². The highest BCUT2D eigenvalue weighted by molar-refractivity contribution is 7.89. The van der Waals surface area contributed by atoms with E-state index in [0.29, 0.717) is 41.9 Å². The molecule has 0 radical (unpaired) electrons. The molecule has 0 aromatic heterocycles. The normalized spacial score (nSPS) is 18.6. The molecule has 0 N–H and O–H groups in total. The minimum absolute atomic E-state index is 0.0223. The fraction of sp³-hybridized carbons (Fsp3) is 0.250. The van der Waals surface area contributed by atoms with Gasteiger partial charge in [0, 0.05) is 24.5 Å². The van der Waals surface area contributed by atoms with Gasteiger partial charge in [0.1, 0.15) is 6.54 Å². The molecule has 3 aromatic rings. The number of benzene rings is 3. The molecule has 164 valence electrons. The molecule has 32 heavy (non-hydrogen) atoms. The lowest BCUT2D eigenvalue weighted by Crippen LogP contribution is -2.48. The molecule has 5 rings (SSSR count). The van der Waals surface area contributed by atoms with Crippen LogP contribution < -0.4 is 4.90 Å². The molecule has 2 heterocycles. The minimum Gasteiger partial charge on any atom is -0.312 e. The number of urea groups is 1. The Balaban J connectivity index is 1.32. The summed E-state index contributed by atoms with van der Waals surface area (Å²) in [5, 5.41) is 1.58. The lowest BCUT2D eigenvalue weighted by atomic mass is 10.1. The molecule has 0 spiro atoms. The Morgan fingerprint density at radius 1 is 0.781 bits per heavy atom. The Morgan fingerprint density at radius 3 is 2.19 bits per heavy atom. The molecule has 7 nitrogen and oxygen atoms in total. The van der Waals surface area contributed by atoms with Crippen LogP contribution in [0.15, 0.2) is 77.7 Å². The molecule has 0 saturated carbocycles. The first-order valence-corrected chi connectivity index (χ1v) is 12.1. The number of hydrogen-bond acceptors (Lipinski definition) is 4. The maximum Gasteiger partial charge on any atom is 0.332 e. The van der Waals surface area contributed by atoms with Gasteiger partial charge in [-0.25, -0.2) is 18.1 Å². The maximum absolute atomic E-state index is 13.4. The zero-order chi connectivity index (χ0) is 22.3. The number of carbonyl (C=O) groups is 2. The van der Waals surface area contributed by atoms with Gasteiger partial charge in [-0.15, -0.1) is 0 Å². The smallest absolute Gasteiger partial charge is 0.312 e. The highest BCUT2D eigenvalue weighted by Gasteiger charge is 2.42. The van der Waals surface area contributed by atoms with Gasteiger partial charge in [-0.1, -0.05) is 54.6 Å². The summed E-state index contributed by atoms with van der Waals surface area (Å²) in [5.41, 5.74) is 0.556. The number of para-hydroxylation sites is 1. The van der Waals surface area contributed by atoms with Gasteiger partial charge >= 0.3 is 6.03 Å². The van der Waals surface area contributed by atoms with Gasteiger partial charge in [0.15, 0.2) is 0 Å². The van der Waals surface area contributed by atoms with Crippen LogP contribution >= 0.6 is 0 Å². The molecule has 0 aliphatic carbocycles. The number of sulfonamides is 1. The molecular weight excluding hydrogens is 426 g/mol. The van der Waals surface area contributed by atoms with E-state index in [9.17, 15) is 18.0 Å². The van der Waals surface area contributed by atoms with Gasteiger partial charge in [0.05, 0.1) is 10.6 Å². The molecule has 3 amide bonds. The average Bonchev–Trinajstić information content (AvgIpc) is 3.13. The van der Waals surface area contributed by atoms with Crippen LogP contribution in [0.2, 0.25) is 0 Å². The first-order valence-electron chi connectivity index (χ1n) is 10.6. The predicted molar refractivity (Wildman–Crippen MR) is 122 cm³/mol. The van der Waals surface area contributed by atoms with Crippen molar-refractivity contribution in [2.45, 2.75) is 23.8 Å². The third-order valence-corrected chi connectivity index (χ3v) is 8.19. The summed E-state index contributed by atoms with van der Waals surface area (Å²) in [6.07, 6.45) is 0.983. The Bertz CT molecular complexity index is 1280. The molecule has 0 atom stereocenters. The highest BCUT2D eigenvalue weighted by atomic mass is 32.2. The molecule has 0 unspecified atom stereocenters. The first kappa shape index (κ1) is 20.7. The van der Waals surface area contributed by atoms with Gasteiger partial charge in [0.2, 0.25) is 10.0 Å². The van der Waals surface area contributed by atoms with Crippen molar-refractivity contribution in [3.63, 3.8) is 0 Å². The first-order chi connectivity index (χ1) is 15.5. The Hall–Kier alpha value is -3.23. The van der Waals surface area contributed by atoms with Crippen molar-refractivity contribution in [2.24, 2.45) is 0 Å². The summed E-state index contributed by atoms with van der Waals surface area (Å²) >= 11 is 0. The molecule has 2 aliphatic rings. The monoisotopic (exact) mass is 449 g/mol. The van der Waals surface area contributed by atoms with Gasteiger partial charge in [-0.2, -0.15) is 4.31 Å². The highest BCUT2D eigenvalue weighted by Crippen LogP contribution is 2.30. The van der Waals surface area contributed by atoms with Crippen molar-refractivity contribution in [3.8, 4) is 0 Å². The molecule has 2 fully saturated rings. The number of imide groups is 1. The zero-order valence-corrected chi connectivity index (χ0v) is 18.2. The van der Waals surface area contributed by atoms with Gasteiger partial charge in [-0.05, 0) is 36.4 Å². The van der Waals surface area contributed by atoms with Crippen LogP contribution in [0, 0.1) is 0 Å². The zero-order valence-electron chi connectivity index (χ0n) is 17.4. The second-order valence-corrected chi connectivity index (χ2v) is 9.99. The average molecular weight is 450 g/mol. The number of anilines is 1. The van der Waals surface area contributed by atoms with E-state index in [1.807, 2.05) is 36.4 Å². The van der Waals surface area contributed by atoms with Crippen LogP contribution in [0.3, 0.4) is 0 Å². The molecule has 2 aliphatic heterocycles. The number of amides is 3. The van der Waals surface area contributed by atoms with Gasteiger partial charge in [0.25, 0.3) is 5.91 Å². The Morgan fingerprint density at radius 2 is 1.44 bits per heavy atom. The lowest BCUT2D eigenvalue weighted by Gasteiger charge is -2.35. The van der Waals surface area contributed by atoms with E-state index in [1.165, 1.54) is 9.21 Å². The molecule has 8 heteroatoms. The van der Waals surface area contributed by atoms with Crippen molar-refractivity contribution in [2.75, 3.05) is 24.5 Å². The summed E-state index contributed by atoms with van der Waals surface area (Å²) in [4.78, 5) is 28.6. The van der Waals surface area contributed by atoms with Crippen LogP contribution in [0.25, 0.3) is 10.8 Å². The number of fused-ring (bicyclic) bond motifs is 1. The largest absolute Gasteiger partial charge is 0.332 e. The van der Waals surface area contributed by atoms with Crippen molar-refractivity contribution in [1.82, 2.24) is 9.21 Å².